The molecule has 17 nitrogen and oxygen atoms in total. The molecule has 3 saturated heterocycles. The number of esters is 1. The molecule has 0 aromatic heterocycles. The number of rotatable bonds is 12. The smallest absolute Gasteiger partial charge is 0.331 e. The van der Waals surface area contributed by atoms with Crippen LogP contribution in [0.2, 0.25) is 0 Å². The normalized spacial score (nSPS) is 38.3. The second kappa shape index (κ2) is 17.7. The number of hydrogen-bond acceptors (Lipinski definition) is 17. The van der Waals surface area contributed by atoms with Crippen molar-refractivity contribution in [1.82, 2.24) is 0 Å². The van der Waals surface area contributed by atoms with E-state index < -0.39 is 105 Å². The molecule has 3 heterocycles. The minimum atomic E-state index is -1.86. The van der Waals surface area contributed by atoms with Crippen LogP contribution in [0.15, 0.2) is 54.6 Å². The van der Waals surface area contributed by atoms with E-state index in [1.165, 1.54) is 44.2 Å². The summed E-state index contributed by atoms with van der Waals surface area (Å²) in [6.45, 7) is 2.18. The molecule has 15 atom stereocenters. The number of phenolic OH excluding ortho intramolecular Hbond substituents is 2. The molecule has 3 aliphatic rings. The topological polar surface area (TPSA) is 264 Å². The van der Waals surface area contributed by atoms with Gasteiger partial charge in [-0.05, 0) is 61.7 Å². The minimum Gasteiger partial charge on any atom is -0.508 e. The average Bonchev–Trinajstić information content (AvgIpc) is 3.12. The first-order valence-electron chi connectivity index (χ1n) is 16.8. The van der Waals surface area contributed by atoms with Crippen LogP contribution in [-0.4, -0.2) is 157 Å². The maximum atomic E-state index is 13.0. The van der Waals surface area contributed by atoms with Crippen molar-refractivity contribution < 1.29 is 83.9 Å². The predicted octanol–water partition coefficient (Wildman–Crippen LogP) is -1.58. The number of aliphatic hydroxyl groups is 7. The molecule has 9 N–H and O–H groups in total. The second-order valence-corrected chi connectivity index (χ2v) is 12.9. The monoisotopic (exact) mass is 738 g/mol. The zero-order chi connectivity index (χ0) is 37.7. The van der Waals surface area contributed by atoms with E-state index >= 15 is 0 Å². The van der Waals surface area contributed by atoms with E-state index in [0.717, 1.165) is 11.6 Å². The number of carbonyl (C=O) groups is 1. The van der Waals surface area contributed by atoms with Crippen molar-refractivity contribution in [2.45, 2.75) is 112 Å². The van der Waals surface area contributed by atoms with Gasteiger partial charge in [0, 0.05) is 6.08 Å². The molecule has 3 fully saturated rings. The fourth-order valence-corrected chi connectivity index (χ4v) is 6.10. The quantitative estimate of drug-likeness (QED) is 0.0879. The van der Waals surface area contributed by atoms with Crippen molar-refractivity contribution in [3.05, 3.63) is 65.7 Å². The van der Waals surface area contributed by atoms with Crippen LogP contribution in [0, 0.1) is 0 Å². The molecule has 0 radical (unpaired) electrons. The van der Waals surface area contributed by atoms with Gasteiger partial charge in [-0.25, -0.2) is 4.79 Å². The zero-order valence-electron chi connectivity index (χ0n) is 28.3. The Labute approximate surface area is 298 Å². The first-order valence-corrected chi connectivity index (χ1v) is 16.8. The van der Waals surface area contributed by atoms with Crippen LogP contribution in [0.3, 0.4) is 0 Å². The Kier molecular flexibility index (Phi) is 13.6. The molecule has 5 rings (SSSR count). The SMILES string of the molecule is C[C@@H]1O[C@@H](O[C@@H]2[C@@H](O)[C@@H](O)[C@H](O[C@@H]3[C@@H](O)[C@H](OCCc4ccc(O)cc4)O[C@H](CO)[C@H]3OC(=O)/C=C\c3ccc(O)cc3)O[C@H]2C)[C@H](O)[C@H](O)[C@H]1O. The molecule has 2 aromatic rings. The van der Waals surface area contributed by atoms with Gasteiger partial charge in [0.25, 0.3) is 0 Å². The fourth-order valence-electron chi connectivity index (χ4n) is 6.10. The van der Waals surface area contributed by atoms with E-state index in [-0.39, 0.29) is 18.1 Å². The van der Waals surface area contributed by atoms with Gasteiger partial charge in [-0.3, -0.25) is 0 Å². The Morgan fingerprint density at radius 1 is 0.673 bits per heavy atom. The molecule has 0 saturated carbocycles. The fraction of sp³-hybridized carbons (Fsp3) is 0.571. The number of ether oxygens (including phenoxy) is 7. The van der Waals surface area contributed by atoms with Crippen LogP contribution in [0.25, 0.3) is 6.08 Å². The lowest BCUT2D eigenvalue weighted by Gasteiger charge is -2.48. The summed E-state index contributed by atoms with van der Waals surface area (Å²) in [5, 5.41) is 93.7. The highest BCUT2D eigenvalue weighted by Gasteiger charge is 2.54. The van der Waals surface area contributed by atoms with Gasteiger partial charge in [0.15, 0.2) is 25.0 Å². The van der Waals surface area contributed by atoms with Gasteiger partial charge in [-0.15, -0.1) is 0 Å². The molecule has 0 unspecified atom stereocenters. The molecular formula is C35H46O17. The van der Waals surface area contributed by atoms with Crippen molar-refractivity contribution in [2.75, 3.05) is 13.2 Å². The Bertz CT molecular complexity index is 1460. The molecule has 52 heavy (non-hydrogen) atoms. The minimum absolute atomic E-state index is 0.00788. The lowest BCUT2D eigenvalue weighted by molar-refractivity contribution is -0.375. The van der Waals surface area contributed by atoms with E-state index in [1.807, 2.05) is 0 Å². The van der Waals surface area contributed by atoms with Gasteiger partial charge in [0.1, 0.15) is 66.4 Å². The number of aliphatic hydroxyl groups excluding tert-OH is 7. The Hall–Kier alpha value is -3.27. The maximum Gasteiger partial charge on any atom is 0.331 e. The van der Waals surface area contributed by atoms with Gasteiger partial charge in [-0.2, -0.15) is 0 Å². The standard InChI is InChI=1S/C35H46O17/c1-16-24(40)25(41)27(43)34(47-16)51-30-17(2)48-35(28(44)26(30)42)52-32-29(45)33(46-14-13-19-5-10-21(38)11-6-19)49-22(15-36)31(32)50-23(39)12-7-18-3-8-20(37)9-4-18/h3-12,16-17,22,24-38,40-45H,13-15H2,1-2H3/b12-7-/t16-,17-,22+,24-,25+,26-,27+,28+,29+,30-,31+,32+,33+,34-,35-/m0/s1. The molecule has 0 spiro atoms. The first-order chi connectivity index (χ1) is 24.8. The summed E-state index contributed by atoms with van der Waals surface area (Å²) in [6.07, 6.45) is -19.6. The Balaban J connectivity index is 1.32. The summed E-state index contributed by atoms with van der Waals surface area (Å²) in [5.74, 6) is -0.819. The molecular weight excluding hydrogens is 692 g/mol. The highest BCUT2D eigenvalue weighted by atomic mass is 16.8. The third-order valence-corrected chi connectivity index (χ3v) is 9.13. The van der Waals surface area contributed by atoms with Crippen LogP contribution in [0.1, 0.15) is 25.0 Å². The molecule has 3 aliphatic heterocycles. The predicted molar refractivity (Wildman–Crippen MR) is 175 cm³/mol. The average molecular weight is 739 g/mol. The lowest BCUT2D eigenvalue weighted by Crippen LogP contribution is -2.66. The first kappa shape index (κ1) is 39.9. The van der Waals surface area contributed by atoms with Gasteiger partial charge < -0.3 is 79.1 Å². The second-order valence-electron chi connectivity index (χ2n) is 12.9. The lowest BCUT2D eigenvalue weighted by atomic mass is 9.96. The van der Waals surface area contributed by atoms with E-state index in [9.17, 15) is 50.8 Å². The van der Waals surface area contributed by atoms with Crippen LogP contribution in [-0.2, 0) is 44.4 Å². The zero-order valence-corrected chi connectivity index (χ0v) is 28.3. The van der Waals surface area contributed by atoms with Crippen LogP contribution < -0.4 is 0 Å². The van der Waals surface area contributed by atoms with Crippen molar-refractivity contribution in [3.63, 3.8) is 0 Å². The number of carbonyl (C=O) groups excluding carboxylic acids is 1. The van der Waals surface area contributed by atoms with E-state index in [4.69, 9.17) is 33.2 Å². The number of phenols is 2. The van der Waals surface area contributed by atoms with Gasteiger partial charge in [0.2, 0.25) is 0 Å². The van der Waals surface area contributed by atoms with Gasteiger partial charge >= 0.3 is 5.97 Å². The largest absolute Gasteiger partial charge is 0.508 e. The molecule has 0 amide bonds. The number of hydrogen-bond donors (Lipinski definition) is 9. The number of benzene rings is 2. The Morgan fingerprint density at radius 3 is 1.88 bits per heavy atom. The number of aromatic hydroxyl groups is 2. The summed E-state index contributed by atoms with van der Waals surface area (Å²) in [5.41, 5.74) is 1.35. The van der Waals surface area contributed by atoms with Gasteiger partial charge in [0.05, 0.1) is 25.4 Å². The van der Waals surface area contributed by atoms with E-state index in [2.05, 4.69) is 0 Å². The van der Waals surface area contributed by atoms with Crippen molar-refractivity contribution >= 4 is 12.0 Å². The summed E-state index contributed by atoms with van der Waals surface area (Å²) < 4.78 is 40.3. The highest BCUT2D eigenvalue weighted by molar-refractivity contribution is 5.87. The van der Waals surface area contributed by atoms with Crippen LogP contribution in [0.5, 0.6) is 11.5 Å². The van der Waals surface area contributed by atoms with E-state index in [1.54, 1.807) is 24.3 Å². The Morgan fingerprint density at radius 2 is 1.25 bits per heavy atom. The third-order valence-electron chi connectivity index (χ3n) is 9.13. The highest BCUT2D eigenvalue weighted by Crippen LogP contribution is 2.33. The summed E-state index contributed by atoms with van der Waals surface area (Å²) in [4.78, 5) is 13.0. The molecule has 0 aliphatic carbocycles. The van der Waals surface area contributed by atoms with Crippen molar-refractivity contribution in [3.8, 4) is 11.5 Å². The maximum absolute atomic E-state index is 13.0. The van der Waals surface area contributed by atoms with Crippen molar-refractivity contribution in [2.24, 2.45) is 0 Å². The van der Waals surface area contributed by atoms with E-state index in [0.29, 0.717) is 12.0 Å². The third kappa shape index (κ3) is 9.44. The van der Waals surface area contributed by atoms with Crippen molar-refractivity contribution in [1.29, 1.82) is 0 Å². The molecule has 17 heteroatoms. The molecule has 288 valence electrons. The summed E-state index contributed by atoms with van der Waals surface area (Å²) >= 11 is 0. The summed E-state index contributed by atoms with van der Waals surface area (Å²) in [6, 6.07) is 12.3. The van der Waals surface area contributed by atoms with Gasteiger partial charge in [-0.1, -0.05) is 24.3 Å². The molecule has 0 bridgehead atoms. The van der Waals surface area contributed by atoms with Crippen LogP contribution >= 0.6 is 0 Å². The summed E-state index contributed by atoms with van der Waals surface area (Å²) in [7, 11) is 0. The molecule has 2 aromatic carbocycles. The van der Waals surface area contributed by atoms with Crippen LogP contribution in [0.4, 0.5) is 0 Å².